The summed E-state index contributed by atoms with van der Waals surface area (Å²) in [4.78, 5) is 52.7. The van der Waals surface area contributed by atoms with Crippen molar-refractivity contribution in [3.8, 4) is 0 Å². The molecule has 1 aliphatic rings. The fraction of sp³-hybridized carbons (Fsp3) is 0.333. The van der Waals surface area contributed by atoms with Crippen LogP contribution >= 0.6 is 58.0 Å². The molecule has 3 aromatic rings. The van der Waals surface area contributed by atoms with Crippen LogP contribution in [0.1, 0.15) is 63.4 Å². The van der Waals surface area contributed by atoms with E-state index in [-0.39, 0.29) is 26.2 Å². The fourth-order valence-corrected chi connectivity index (χ4v) is 6.01. The highest BCUT2D eigenvalue weighted by Crippen LogP contribution is 2.65. The smallest absolute Gasteiger partial charge is 0.424 e. The van der Waals surface area contributed by atoms with Gasteiger partial charge in [-0.3, -0.25) is 9.59 Å². The molecule has 0 unspecified atom stereocenters. The molecule has 2 atom stereocenters. The monoisotopic (exact) mass is 777 g/mol. The molecule has 1 fully saturated rings. The van der Waals surface area contributed by atoms with Gasteiger partial charge in [0.05, 0.1) is 32.2 Å². The second-order valence-corrected chi connectivity index (χ2v) is 15.7. The number of nitrogens with zero attached hydrogens (tertiary/aromatic N) is 1. The van der Waals surface area contributed by atoms with Crippen molar-refractivity contribution in [1.82, 2.24) is 0 Å². The van der Waals surface area contributed by atoms with E-state index in [1.807, 2.05) is 0 Å². The van der Waals surface area contributed by atoms with E-state index < -0.39 is 74.4 Å². The van der Waals surface area contributed by atoms with Crippen LogP contribution in [0.3, 0.4) is 0 Å². The normalized spacial score (nSPS) is 16.8. The molecule has 1 saturated carbocycles. The third-order valence-corrected chi connectivity index (χ3v) is 8.82. The molecular formula is C33H30Cl5F2N3O6. The van der Waals surface area contributed by atoms with E-state index in [0.29, 0.717) is 10.6 Å². The van der Waals surface area contributed by atoms with Crippen LogP contribution in [0.2, 0.25) is 15.1 Å². The Morgan fingerprint density at radius 2 is 1.35 bits per heavy atom. The molecule has 4 rings (SSSR count). The maximum Gasteiger partial charge on any atom is 0.424 e. The number of anilines is 3. The van der Waals surface area contributed by atoms with Gasteiger partial charge in [-0.15, -0.1) is 23.2 Å². The lowest BCUT2D eigenvalue weighted by Gasteiger charge is -2.29. The van der Waals surface area contributed by atoms with Gasteiger partial charge in [-0.25, -0.2) is 18.4 Å². The Labute approximate surface area is 306 Å². The minimum Gasteiger partial charge on any atom is -0.443 e. The zero-order valence-corrected chi connectivity index (χ0v) is 30.6. The Kier molecular flexibility index (Phi) is 11.1. The molecule has 3 aromatic carbocycles. The number of halogens is 7. The zero-order chi connectivity index (χ0) is 36.8. The second kappa shape index (κ2) is 14.1. The number of rotatable bonds is 6. The fourth-order valence-electron chi connectivity index (χ4n) is 4.67. The lowest BCUT2D eigenvalue weighted by Crippen LogP contribution is -2.44. The number of carbonyl (C=O) groups excluding carboxylic acids is 4. The van der Waals surface area contributed by atoms with E-state index in [2.05, 4.69) is 10.6 Å². The van der Waals surface area contributed by atoms with Crippen LogP contribution in [0.4, 0.5) is 35.4 Å². The molecule has 0 radical (unpaired) electrons. The Morgan fingerprint density at radius 3 is 1.90 bits per heavy atom. The summed E-state index contributed by atoms with van der Waals surface area (Å²) >= 11 is 31.3. The van der Waals surface area contributed by atoms with Crippen molar-refractivity contribution in [2.75, 3.05) is 15.5 Å². The highest BCUT2D eigenvalue weighted by Gasteiger charge is 2.67. The van der Waals surface area contributed by atoms with Crippen molar-refractivity contribution in [2.24, 2.45) is 5.92 Å². The number of hydrogen-bond donors (Lipinski definition) is 2. The Morgan fingerprint density at radius 1 is 0.776 bits per heavy atom. The molecule has 262 valence electrons. The minimum absolute atomic E-state index is 0.0663. The van der Waals surface area contributed by atoms with Gasteiger partial charge in [-0.1, -0.05) is 40.9 Å². The Hall–Kier alpha value is -3.35. The van der Waals surface area contributed by atoms with Crippen LogP contribution in [-0.4, -0.2) is 39.5 Å². The number of imide groups is 1. The number of ether oxygens (including phenoxy) is 2. The Bertz CT molecular complexity index is 1820. The van der Waals surface area contributed by atoms with Gasteiger partial charge < -0.3 is 20.1 Å². The Balaban J connectivity index is 1.60. The third-order valence-electron chi connectivity index (χ3n) is 6.81. The van der Waals surface area contributed by atoms with E-state index in [4.69, 9.17) is 67.5 Å². The second-order valence-electron chi connectivity index (χ2n) is 13.0. The van der Waals surface area contributed by atoms with Gasteiger partial charge in [-0.2, -0.15) is 4.90 Å². The first-order chi connectivity index (χ1) is 22.5. The summed E-state index contributed by atoms with van der Waals surface area (Å²) in [5.74, 6) is -5.89. The summed E-state index contributed by atoms with van der Waals surface area (Å²) in [5.41, 5.74) is -3.61. The summed E-state index contributed by atoms with van der Waals surface area (Å²) in [5, 5.41) is 5.38. The number of hydrogen-bond acceptors (Lipinski definition) is 6. The van der Waals surface area contributed by atoms with Gasteiger partial charge in [0.1, 0.15) is 21.2 Å². The van der Waals surface area contributed by atoms with Crippen LogP contribution in [0.15, 0.2) is 48.5 Å². The molecule has 9 nitrogen and oxygen atoms in total. The van der Waals surface area contributed by atoms with Crippen molar-refractivity contribution in [3.63, 3.8) is 0 Å². The van der Waals surface area contributed by atoms with E-state index in [1.165, 1.54) is 59.7 Å². The predicted octanol–water partition coefficient (Wildman–Crippen LogP) is 10.4. The standard InChI is InChI=1S/C33H30Cl5F2N3O6/c1-31(2,3)48-29(46)43(30(47)49-32(4,5)6)26-21(39)11-12-22(25(26)40)42-27(44)17-14-16(8-10-18(17)34)41-28(45)24-23(33(24,37)38)15-7-9-19(35)20(36)13-15/h7-14,23-24H,1-6H3,(H,41,45)(H,42,44)/t23-,24+/m0/s1. The molecule has 0 bridgehead atoms. The molecule has 2 N–H and O–H groups in total. The van der Waals surface area contributed by atoms with E-state index in [1.54, 1.807) is 18.2 Å². The summed E-state index contributed by atoms with van der Waals surface area (Å²) < 4.78 is 40.1. The van der Waals surface area contributed by atoms with Crippen LogP contribution in [0, 0.1) is 17.6 Å². The first-order valence-electron chi connectivity index (χ1n) is 14.5. The van der Waals surface area contributed by atoms with E-state index in [9.17, 15) is 19.2 Å². The quantitative estimate of drug-likeness (QED) is 0.241. The average molecular weight is 780 g/mol. The van der Waals surface area contributed by atoms with Gasteiger partial charge in [0.15, 0.2) is 11.6 Å². The van der Waals surface area contributed by atoms with Crippen molar-refractivity contribution in [1.29, 1.82) is 0 Å². The number of carbonyl (C=O) groups is 4. The van der Waals surface area contributed by atoms with Gasteiger partial charge in [0.25, 0.3) is 5.91 Å². The van der Waals surface area contributed by atoms with Gasteiger partial charge in [-0.05, 0) is 89.6 Å². The summed E-state index contributed by atoms with van der Waals surface area (Å²) in [6, 6.07) is 10.3. The molecule has 0 aliphatic heterocycles. The van der Waals surface area contributed by atoms with Crippen molar-refractivity contribution < 1.29 is 37.4 Å². The highest BCUT2D eigenvalue weighted by molar-refractivity contribution is 6.53. The molecule has 0 saturated heterocycles. The van der Waals surface area contributed by atoms with Gasteiger partial charge >= 0.3 is 12.2 Å². The maximum atomic E-state index is 15.9. The molecular weight excluding hydrogens is 750 g/mol. The van der Waals surface area contributed by atoms with Crippen LogP contribution in [0.25, 0.3) is 0 Å². The highest BCUT2D eigenvalue weighted by atomic mass is 35.5. The third kappa shape index (κ3) is 8.88. The molecule has 0 aromatic heterocycles. The predicted molar refractivity (Wildman–Crippen MR) is 186 cm³/mol. The number of amides is 4. The maximum absolute atomic E-state index is 15.9. The number of benzene rings is 3. The van der Waals surface area contributed by atoms with Crippen LogP contribution in [0.5, 0.6) is 0 Å². The van der Waals surface area contributed by atoms with Crippen molar-refractivity contribution in [2.45, 2.75) is 63.0 Å². The molecule has 49 heavy (non-hydrogen) atoms. The molecule has 1 aliphatic carbocycles. The average Bonchev–Trinajstić information content (AvgIpc) is 3.54. The lowest BCUT2D eigenvalue weighted by atomic mass is 10.1. The van der Waals surface area contributed by atoms with Gasteiger partial charge in [0.2, 0.25) is 5.91 Å². The van der Waals surface area contributed by atoms with E-state index >= 15 is 8.78 Å². The molecule has 4 amide bonds. The lowest BCUT2D eigenvalue weighted by molar-refractivity contribution is -0.117. The largest absolute Gasteiger partial charge is 0.443 e. The zero-order valence-electron chi connectivity index (χ0n) is 26.8. The van der Waals surface area contributed by atoms with Crippen molar-refractivity contribution in [3.05, 3.63) is 86.4 Å². The molecule has 0 heterocycles. The van der Waals surface area contributed by atoms with Crippen LogP contribution < -0.4 is 15.5 Å². The minimum atomic E-state index is -1.49. The molecule has 0 spiro atoms. The topological polar surface area (TPSA) is 114 Å². The number of nitrogens with one attached hydrogen (secondary N) is 2. The molecule has 16 heteroatoms. The number of alkyl halides is 2. The summed E-state index contributed by atoms with van der Waals surface area (Å²) in [7, 11) is 0. The SMILES string of the molecule is CC(C)(C)OC(=O)N(C(=O)OC(C)(C)C)c1c(F)ccc(NC(=O)c2cc(NC(=O)[C@H]3[C@H](c4ccc(Cl)c(Cl)c4)C3(Cl)Cl)ccc2Cl)c1F. The first-order valence-corrected chi connectivity index (χ1v) is 16.4. The van der Waals surface area contributed by atoms with Crippen LogP contribution in [-0.2, 0) is 14.3 Å². The van der Waals surface area contributed by atoms with E-state index in [0.717, 1.165) is 12.1 Å². The first kappa shape index (κ1) is 38.5. The van der Waals surface area contributed by atoms with Gasteiger partial charge in [0, 0.05) is 11.6 Å². The summed E-state index contributed by atoms with van der Waals surface area (Å²) in [6.45, 7) is 8.93. The van der Waals surface area contributed by atoms with Crippen molar-refractivity contribution >= 4 is 99.1 Å². The summed E-state index contributed by atoms with van der Waals surface area (Å²) in [6.07, 6.45) is -2.85.